The van der Waals surface area contributed by atoms with Crippen molar-refractivity contribution in [2.75, 3.05) is 39.8 Å². The van der Waals surface area contributed by atoms with Gasteiger partial charge in [0.1, 0.15) is 9.88 Å². The number of aryl methyl sites for hydroxylation is 1. The third-order valence-corrected chi connectivity index (χ3v) is 5.92. The third kappa shape index (κ3) is 5.41. The van der Waals surface area contributed by atoms with E-state index in [0.29, 0.717) is 23.1 Å². The number of aromatic nitrogens is 1. The number of aliphatic imine (C=N–C) groups is 1. The smallest absolute Gasteiger partial charge is 0.350 e. The quantitative estimate of drug-likeness (QED) is 0.428. The molecule has 0 amide bonds. The van der Waals surface area contributed by atoms with Gasteiger partial charge in [-0.15, -0.1) is 11.3 Å². The molecule has 2 rings (SSSR count). The Kier molecular flexibility index (Phi) is 7.84. The van der Waals surface area contributed by atoms with Crippen LogP contribution in [-0.4, -0.2) is 61.6 Å². The van der Waals surface area contributed by atoms with E-state index in [0.717, 1.165) is 30.6 Å². The number of hydrogen-bond acceptors (Lipinski definition) is 6. The first-order valence-corrected chi connectivity index (χ1v) is 10.1. The second-order valence-corrected chi connectivity index (χ2v) is 7.58. The number of guanidine groups is 1. The maximum absolute atomic E-state index is 12.0. The Labute approximate surface area is 160 Å². The molecule has 1 aromatic rings. The highest BCUT2D eigenvalue weighted by Crippen LogP contribution is 2.24. The average Bonchev–Trinajstić information content (AvgIpc) is 3.25. The third-order valence-electron chi connectivity index (χ3n) is 4.60. The van der Waals surface area contributed by atoms with Crippen molar-refractivity contribution in [3.05, 3.63) is 15.6 Å². The number of carbonyl (C=O) groups excluding carboxylic acids is 1. The Balaban J connectivity index is 1.90. The van der Waals surface area contributed by atoms with Crippen molar-refractivity contribution in [2.45, 2.75) is 40.2 Å². The van der Waals surface area contributed by atoms with E-state index in [2.05, 4.69) is 32.4 Å². The Morgan fingerprint density at radius 3 is 2.88 bits per heavy atom. The summed E-state index contributed by atoms with van der Waals surface area (Å²) in [5.41, 5.74) is 0.714. The molecule has 0 spiro atoms. The molecule has 1 aliphatic rings. The Morgan fingerprint density at radius 2 is 2.27 bits per heavy atom. The van der Waals surface area contributed by atoms with Gasteiger partial charge in [-0.25, -0.2) is 9.78 Å². The molecule has 26 heavy (non-hydrogen) atoms. The van der Waals surface area contributed by atoms with Crippen LogP contribution in [0, 0.1) is 12.8 Å². The highest BCUT2D eigenvalue weighted by Gasteiger charge is 2.22. The SMILES string of the molecule is CCOC(=O)c1sc(C(C)NC(=NC)NCC2CCN(CC)C2)nc1C. The maximum atomic E-state index is 12.0. The van der Waals surface area contributed by atoms with Gasteiger partial charge >= 0.3 is 5.97 Å². The van der Waals surface area contributed by atoms with Crippen molar-refractivity contribution >= 4 is 23.3 Å². The summed E-state index contributed by atoms with van der Waals surface area (Å²) in [5.74, 6) is 1.12. The molecule has 146 valence electrons. The van der Waals surface area contributed by atoms with Crippen molar-refractivity contribution in [1.29, 1.82) is 0 Å². The molecule has 0 aromatic carbocycles. The Morgan fingerprint density at radius 1 is 1.50 bits per heavy atom. The lowest BCUT2D eigenvalue weighted by atomic mass is 10.1. The molecule has 2 atom stereocenters. The largest absolute Gasteiger partial charge is 0.462 e. The van der Waals surface area contributed by atoms with Crippen LogP contribution >= 0.6 is 11.3 Å². The topological polar surface area (TPSA) is 78.8 Å². The molecule has 0 saturated carbocycles. The summed E-state index contributed by atoms with van der Waals surface area (Å²) in [7, 11) is 1.77. The lowest BCUT2D eigenvalue weighted by Crippen LogP contribution is -2.41. The molecule has 1 saturated heterocycles. The molecule has 2 unspecified atom stereocenters. The summed E-state index contributed by atoms with van der Waals surface area (Å²) in [4.78, 5) is 23.9. The van der Waals surface area contributed by atoms with E-state index >= 15 is 0 Å². The van der Waals surface area contributed by atoms with E-state index in [1.54, 1.807) is 14.0 Å². The van der Waals surface area contributed by atoms with Gasteiger partial charge in [-0.3, -0.25) is 4.99 Å². The van der Waals surface area contributed by atoms with Crippen LogP contribution in [0.3, 0.4) is 0 Å². The minimum Gasteiger partial charge on any atom is -0.462 e. The predicted molar refractivity (Wildman–Crippen MR) is 106 cm³/mol. The van der Waals surface area contributed by atoms with Crippen LogP contribution in [0.2, 0.25) is 0 Å². The molecular formula is C18H31N5O2S. The minimum absolute atomic E-state index is 0.0382. The summed E-state index contributed by atoms with van der Waals surface area (Å²) >= 11 is 1.38. The van der Waals surface area contributed by atoms with Crippen LogP contribution in [0.25, 0.3) is 0 Å². The van der Waals surface area contributed by atoms with Gasteiger partial charge in [-0.2, -0.15) is 0 Å². The monoisotopic (exact) mass is 381 g/mol. The van der Waals surface area contributed by atoms with Crippen LogP contribution in [0.15, 0.2) is 4.99 Å². The van der Waals surface area contributed by atoms with E-state index in [1.165, 1.54) is 24.3 Å². The number of nitrogens with zero attached hydrogens (tertiary/aromatic N) is 3. The molecule has 0 bridgehead atoms. The minimum atomic E-state index is -0.301. The van der Waals surface area contributed by atoms with Gasteiger partial charge in [0.05, 0.1) is 18.3 Å². The van der Waals surface area contributed by atoms with Gasteiger partial charge in [-0.1, -0.05) is 6.92 Å². The molecule has 1 fully saturated rings. The van der Waals surface area contributed by atoms with Crippen molar-refractivity contribution in [3.63, 3.8) is 0 Å². The lowest BCUT2D eigenvalue weighted by molar-refractivity contribution is 0.0531. The lowest BCUT2D eigenvalue weighted by Gasteiger charge is -2.18. The van der Waals surface area contributed by atoms with Crippen LogP contribution in [-0.2, 0) is 4.74 Å². The molecule has 0 radical (unpaired) electrons. The van der Waals surface area contributed by atoms with Crippen molar-refractivity contribution in [1.82, 2.24) is 20.5 Å². The second-order valence-electron chi connectivity index (χ2n) is 6.55. The molecule has 7 nitrogen and oxygen atoms in total. The average molecular weight is 382 g/mol. The van der Waals surface area contributed by atoms with Crippen LogP contribution < -0.4 is 10.6 Å². The molecule has 1 aliphatic heterocycles. The zero-order valence-electron chi connectivity index (χ0n) is 16.5. The van der Waals surface area contributed by atoms with Gasteiger partial charge in [0.15, 0.2) is 5.96 Å². The Hall–Kier alpha value is -1.67. The van der Waals surface area contributed by atoms with Crippen LogP contribution in [0.4, 0.5) is 0 Å². The second kappa shape index (κ2) is 9.87. The molecule has 1 aromatic heterocycles. The summed E-state index contributed by atoms with van der Waals surface area (Å²) in [5, 5.41) is 7.64. The van der Waals surface area contributed by atoms with Gasteiger partial charge in [0.25, 0.3) is 0 Å². The zero-order valence-corrected chi connectivity index (χ0v) is 17.3. The van der Waals surface area contributed by atoms with E-state index in [1.807, 2.05) is 13.8 Å². The molecule has 2 heterocycles. The molecular weight excluding hydrogens is 350 g/mol. The number of nitrogens with one attached hydrogen (secondary N) is 2. The first kappa shape index (κ1) is 20.6. The first-order valence-electron chi connectivity index (χ1n) is 9.32. The number of carbonyl (C=O) groups is 1. The van der Waals surface area contributed by atoms with E-state index < -0.39 is 0 Å². The summed E-state index contributed by atoms with van der Waals surface area (Å²) < 4.78 is 5.09. The fourth-order valence-corrected chi connectivity index (χ4v) is 4.02. The number of likely N-dealkylation sites (tertiary alicyclic amines) is 1. The fraction of sp³-hybridized carbons (Fsp3) is 0.722. The standard InChI is InChI=1S/C18H31N5O2S/c1-6-23-9-8-14(11-23)10-20-18(19-5)22-13(4)16-21-12(3)15(26-16)17(24)25-7-2/h13-14H,6-11H2,1-5H3,(H2,19,20,22). The predicted octanol–water partition coefficient (Wildman–Crippen LogP) is 2.20. The summed E-state index contributed by atoms with van der Waals surface area (Å²) in [6.07, 6.45) is 1.22. The van der Waals surface area contributed by atoms with Gasteiger partial charge in [0, 0.05) is 20.1 Å². The van der Waals surface area contributed by atoms with Gasteiger partial charge < -0.3 is 20.3 Å². The number of hydrogen-bond donors (Lipinski definition) is 2. The first-order chi connectivity index (χ1) is 12.5. The summed E-state index contributed by atoms with van der Waals surface area (Å²) in [6, 6.07) is -0.0382. The summed E-state index contributed by atoms with van der Waals surface area (Å²) in [6.45, 7) is 12.6. The number of rotatable bonds is 7. The maximum Gasteiger partial charge on any atom is 0.350 e. The van der Waals surface area contributed by atoms with Crippen molar-refractivity contribution in [3.8, 4) is 0 Å². The fourth-order valence-electron chi connectivity index (χ4n) is 3.06. The Bertz CT molecular complexity index is 631. The number of ether oxygens (including phenoxy) is 1. The number of thiazole rings is 1. The van der Waals surface area contributed by atoms with Gasteiger partial charge in [-0.05, 0) is 46.2 Å². The molecule has 2 N–H and O–H groups in total. The van der Waals surface area contributed by atoms with Crippen molar-refractivity contribution < 1.29 is 9.53 Å². The van der Waals surface area contributed by atoms with Crippen LogP contribution in [0.5, 0.6) is 0 Å². The van der Waals surface area contributed by atoms with Crippen molar-refractivity contribution in [2.24, 2.45) is 10.9 Å². The molecule has 0 aliphatic carbocycles. The number of esters is 1. The highest BCUT2D eigenvalue weighted by atomic mass is 32.1. The van der Waals surface area contributed by atoms with E-state index in [4.69, 9.17) is 4.74 Å². The van der Waals surface area contributed by atoms with E-state index in [-0.39, 0.29) is 12.0 Å². The normalized spacial score (nSPS) is 19.4. The highest BCUT2D eigenvalue weighted by molar-refractivity contribution is 7.13. The van der Waals surface area contributed by atoms with Gasteiger partial charge in [0.2, 0.25) is 0 Å². The van der Waals surface area contributed by atoms with E-state index in [9.17, 15) is 4.79 Å². The molecule has 8 heteroatoms. The van der Waals surface area contributed by atoms with Crippen LogP contribution in [0.1, 0.15) is 53.6 Å². The zero-order chi connectivity index (χ0) is 19.1.